The lowest BCUT2D eigenvalue weighted by Gasteiger charge is -2.38. The van der Waals surface area contributed by atoms with Gasteiger partial charge in [-0.15, -0.1) is 10.2 Å². The number of rotatable bonds is 8. The molecule has 1 aromatic carbocycles. The van der Waals surface area contributed by atoms with Crippen molar-refractivity contribution in [3.8, 4) is 5.75 Å². The van der Waals surface area contributed by atoms with E-state index in [1.165, 1.54) is 12.5 Å². The topological polar surface area (TPSA) is 114 Å². The summed E-state index contributed by atoms with van der Waals surface area (Å²) in [4.78, 5) is 15.3. The van der Waals surface area contributed by atoms with Gasteiger partial charge in [0.1, 0.15) is 42.8 Å². The summed E-state index contributed by atoms with van der Waals surface area (Å²) in [7, 11) is 0. The second kappa shape index (κ2) is 10.5. The summed E-state index contributed by atoms with van der Waals surface area (Å²) in [6, 6.07) is 7.91. The first-order valence-electron chi connectivity index (χ1n) is 12.8. The zero-order chi connectivity index (χ0) is 26.9. The minimum absolute atomic E-state index is 0.0428. The number of fused-ring (bicyclic) bond motifs is 1. The van der Waals surface area contributed by atoms with E-state index >= 15 is 0 Å². The van der Waals surface area contributed by atoms with E-state index in [4.69, 9.17) is 4.74 Å². The van der Waals surface area contributed by atoms with Crippen molar-refractivity contribution in [2.24, 2.45) is 0 Å². The van der Waals surface area contributed by atoms with Crippen LogP contribution in [0.4, 0.5) is 22.0 Å². The molecule has 0 spiro atoms. The first-order valence-corrected chi connectivity index (χ1v) is 12.8. The Morgan fingerprint density at radius 3 is 2.66 bits per heavy atom. The van der Waals surface area contributed by atoms with Crippen LogP contribution in [0.1, 0.15) is 51.6 Å². The van der Waals surface area contributed by atoms with E-state index in [0.29, 0.717) is 43.1 Å². The number of hydrogen-bond donors (Lipinski definition) is 2. The molecule has 5 rings (SSSR count). The number of hydrogen-bond acceptors (Lipinski definition) is 9. The van der Waals surface area contributed by atoms with Crippen LogP contribution in [0.3, 0.4) is 0 Å². The predicted molar refractivity (Wildman–Crippen MR) is 144 cm³/mol. The SMILES string of the molecule is CC(C)c1ccc(OC[C@H](C)n2cnnc2)c2cnc(Nc3ccnc(N4CC[C@](C)(O)[C@H](F)C4)n3)cc12. The second-order valence-electron chi connectivity index (χ2n) is 10.4. The lowest BCUT2D eigenvalue weighted by atomic mass is 9.92. The summed E-state index contributed by atoms with van der Waals surface area (Å²) in [5, 5.41) is 23.1. The smallest absolute Gasteiger partial charge is 0.227 e. The summed E-state index contributed by atoms with van der Waals surface area (Å²) in [6.45, 7) is 8.86. The van der Waals surface area contributed by atoms with Crippen LogP contribution in [0.25, 0.3) is 10.8 Å². The molecule has 4 heterocycles. The van der Waals surface area contributed by atoms with E-state index in [0.717, 1.165) is 16.5 Å². The van der Waals surface area contributed by atoms with Gasteiger partial charge in [0.15, 0.2) is 0 Å². The summed E-state index contributed by atoms with van der Waals surface area (Å²) >= 11 is 0. The first kappa shape index (κ1) is 25.8. The summed E-state index contributed by atoms with van der Waals surface area (Å²) in [5.41, 5.74) is -0.144. The molecule has 1 aliphatic heterocycles. The Labute approximate surface area is 220 Å². The Balaban J connectivity index is 1.37. The number of alkyl halides is 1. The number of aromatic nitrogens is 6. The molecule has 3 aromatic heterocycles. The van der Waals surface area contributed by atoms with Crippen molar-refractivity contribution in [3.05, 3.63) is 54.9 Å². The first-order chi connectivity index (χ1) is 18.2. The Hall–Kier alpha value is -3.86. The van der Waals surface area contributed by atoms with Crippen molar-refractivity contribution < 1.29 is 14.2 Å². The Bertz CT molecular complexity index is 1400. The second-order valence-corrected chi connectivity index (χ2v) is 10.4. The third-order valence-electron chi connectivity index (χ3n) is 7.07. The molecule has 1 aliphatic rings. The standard InChI is InChI=1S/C27H33FN8O2/c1-17(2)19-5-6-22(38-14-18(3)36-15-31-32-16-36)21-12-30-25(11-20(19)21)33-24-7-9-29-26(34-24)35-10-8-27(4,37)23(28)13-35/h5-7,9,11-12,15-18,23,37H,8,10,13-14H2,1-4H3,(H,29,30,33,34)/t18-,23+,27-/m0/s1. The molecule has 0 radical (unpaired) electrons. The molecule has 1 saturated heterocycles. The van der Waals surface area contributed by atoms with Crippen LogP contribution in [0, 0.1) is 0 Å². The van der Waals surface area contributed by atoms with Crippen molar-refractivity contribution in [1.82, 2.24) is 29.7 Å². The summed E-state index contributed by atoms with van der Waals surface area (Å²) < 4.78 is 22.5. The molecule has 0 aliphatic carbocycles. The van der Waals surface area contributed by atoms with Crippen molar-refractivity contribution in [2.45, 2.75) is 57.8 Å². The number of nitrogens with one attached hydrogen (secondary N) is 1. The zero-order valence-electron chi connectivity index (χ0n) is 22.0. The molecular formula is C27H33FN8O2. The van der Waals surface area contributed by atoms with Gasteiger partial charge in [-0.3, -0.25) is 0 Å². The Morgan fingerprint density at radius 2 is 1.92 bits per heavy atom. The van der Waals surface area contributed by atoms with Crippen LogP contribution >= 0.6 is 0 Å². The molecule has 0 saturated carbocycles. The molecule has 38 heavy (non-hydrogen) atoms. The van der Waals surface area contributed by atoms with Gasteiger partial charge < -0.3 is 24.6 Å². The third-order valence-corrected chi connectivity index (χ3v) is 7.07. The maximum absolute atomic E-state index is 14.4. The lowest BCUT2D eigenvalue weighted by Crippen LogP contribution is -2.52. The number of nitrogens with zero attached hydrogens (tertiary/aromatic N) is 7. The largest absolute Gasteiger partial charge is 0.491 e. The van der Waals surface area contributed by atoms with Crippen LogP contribution in [0.5, 0.6) is 5.75 Å². The van der Waals surface area contributed by atoms with Crippen LogP contribution in [-0.2, 0) is 0 Å². The number of pyridine rings is 1. The van der Waals surface area contributed by atoms with Crippen LogP contribution in [0.2, 0.25) is 0 Å². The maximum atomic E-state index is 14.4. The number of ether oxygens (including phenoxy) is 1. The van der Waals surface area contributed by atoms with Crippen molar-refractivity contribution in [3.63, 3.8) is 0 Å². The van der Waals surface area contributed by atoms with E-state index in [1.807, 2.05) is 29.8 Å². The Kier molecular flexibility index (Phi) is 7.11. The van der Waals surface area contributed by atoms with E-state index in [2.05, 4.69) is 50.4 Å². The normalized spacial score (nSPS) is 20.6. The van der Waals surface area contributed by atoms with Gasteiger partial charge in [-0.1, -0.05) is 19.9 Å². The fourth-order valence-corrected chi connectivity index (χ4v) is 4.55. The highest BCUT2D eigenvalue weighted by atomic mass is 19.1. The summed E-state index contributed by atoms with van der Waals surface area (Å²) in [6.07, 6.45) is 5.73. The minimum atomic E-state index is -1.37. The number of halogens is 1. The molecular weight excluding hydrogens is 487 g/mol. The van der Waals surface area contributed by atoms with Crippen molar-refractivity contribution in [2.75, 3.05) is 29.9 Å². The fraction of sp³-hybridized carbons (Fsp3) is 0.444. The molecule has 2 N–H and O–H groups in total. The highest BCUT2D eigenvalue weighted by molar-refractivity contribution is 5.92. The third kappa shape index (κ3) is 5.38. The van der Waals surface area contributed by atoms with Gasteiger partial charge in [-0.25, -0.2) is 14.4 Å². The van der Waals surface area contributed by atoms with Crippen molar-refractivity contribution >= 4 is 28.4 Å². The number of anilines is 3. The van der Waals surface area contributed by atoms with Gasteiger partial charge in [0, 0.05) is 24.3 Å². The quantitative estimate of drug-likeness (QED) is 0.348. The number of aliphatic hydroxyl groups is 1. The van der Waals surface area contributed by atoms with Gasteiger partial charge in [-0.05, 0) is 55.3 Å². The van der Waals surface area contributed by atoms with Crippen LogP contribution in [-0.4, -0.2) is 66.3 Å². The maximum Gasteiger partial charge on any atom is 0.227 e. The van der Waals surface area contributed by atoms with Crippen LogP contribution in [0.15, 0.2) is 49.3 Å². The van der Waals surface area contributed by atoms with Crippen LogP contribution < -0.4 is 15.0 Å². The molecule has 4 aromatic rings. The van der Waals surface area contributed by atoms with Gasteiger partial charge in [0.25, 0.3) is 0 Å². The monoisotopic (exact) mass is 520 g/mol. The lowest BCUT2D eigenvalue weighted by molar-refractivity contribution is -0.0332. The highest BCUT2D eigenvalue weighted by Crippen LogP contribution is 2.34. The molecule has 1 fully saturated rings. The van der Waals surface area contributed by atoms with E-state index in [1.54, 1.807) is 29.8 Å². The van der Waals surface area contributed by atoms with Gasteiger partial charge >= 0.3 is 0 Å². The van der Waals surface area contributed by atoms with Crippen molar-refractivity contribution in [1.29, 1.82) is 0 Å². The van der Waals surface area contributed by atoms with Gasteiger partial charge in [0.2, 0.25) is 5.95 Å². The molecule has 11 heteroatoms. The average molecular weight is 521 g/mol. The number of benzene rings is 1. The summed E-state index contributed by atoms with van der Waals surface area (Å²) in [5.74, 6) is 2.65. The fourth-order valence-electron chi connectivity index (χ4n) is 4.55. The van der Waals surface area contributed by atoms with E-state index in [-0.39, 0.29) is 12.6 Å². The predicted octanol–water partition coefficient (Wildman–Crippen LogP) is 4.42. The molecule has 3 atom stereocenters. The van der Waals surface area contributed by atoms with Gasteiger partial charge in [-0.2, -0.15) is 4.98 Å². The molecule has 200 valence electrons. The highest BCUT2D eigenvalue weighted by Gasteiger charge is 2.38. The number of piperidine rings is 1. The van der Waals surface area contributed by atoms with Gasteiger partial charge in [0.05, 0.1) is 18.2 Å². The molecule has 0 bridgehead atoms. The minimum Gasteiger partial charge on any atom is -0.491 e. The van der Waals surface area contributed by atoms with E-state index in [9.17, 15) is 9.50 Å². The zero-order valence-corrected chi connectivity index (χ0v) is 22.0. The average Bonchev–Trinajstić information content (AvgIpc) is 3.44. The molecule has 0 amide bonds. The Morgan fingerprint density at radius 1 is 1.13 bits per heavy atom. The van der Waals surface area contributed by atoms with E-state index < -0.39 is 11.8 Å². The molecule has 0 unspecified atom stereocenters. The molecule has 10 nitrogen and oxygen atoms in total.